The summed E-state index contributed by atoms with van der Waals surface area (Å²) in [5, 5.41) is 0. The third-order valence-corrected chi connectivity index (χ3v) is 2.86. The summed E-state index contributed by atoms with van der Waals surface area (Å²) in [7, 11) is 0. The number of esters is 1. The molecule has 2 N–H and O–H groups in total. The number of hydrogen-bond donors (Lipinski definition) is 1. The molecule has 1 aliphatic heterocycles. The summed E-state index contributed by atoms with van der Waals surface area (Å²) >= 11 is 0. The van der Waals surface area contributed by atoms with Crippen LogP contribution in [0.25, 0.3) is 0 Å². The van der Waals surface area contributed by atoms with E-state index < -0.39 is 12.1 Å². The molecular formula is C11H20N2O3. The van der Waals surface area contributed by atoms with Gasteiger partial charge in [-0.1, -0.05) is 0 Å². The molecule has 0 aromatic heterocycles. The fraction of sp³-hybridized carbons (Fsp3) is 0.818. The summed E-state index contributed by atoms with van der Waals surface area (Å²) < 4.78 is 4.91. The van der Waals surface area contributed by atoms with E-state index in [0.29, 0.717) is 19.6 Å². The summed E-state index contributed by atoms with van der Waals surface area (Å²) in [6.45, 7) is 4.36. The third-order valence-electron chi connectivity index (χ3n) is 2.86. The van der Waals surface area contributed by atoms with E-state index in [1.165, 1.54) is 4.90 Å². The molecular weight excluding hydrogens is 208 g/mol. The Labute approximate surface area is 95.9 Å². The minimum atomic E-state index is -0.531. The normalized spacial score (nSPS) is 23.8. The highest BCUT2D eigenvalue weighted by Gasteiger charge is 2.31. The van der Waals surface area contributed by atoms with E-state index >= 15 is 0 Å². The molecule has 0 aliphatic carbocycles. The maximum Gasteiger partial charge on any atom is 0.328 e. The van der Waals surface area contributed by atoms with Crippen LogP contribution >= 0.6 is 0 Å². The molecule has 16 heavy (non-hydrogen) atoms. The highest BCUT2D eigenvalue weighted by molar-refractivity contribution is 5.87. The first-order valence-electron chi connectivity index (χ1n) is 5.80. The minimum Gasteiger partial charge on any atom is -0.464 e. The second-order valence-corrected chi connectivity index (χ2v) is 4.06. The molecule has 1 saturated heterocycles. The summed E-state index contributed by atoms with van der Waals surface area (Å²) in [6.07, 6.45) is 2.52. The Morgan fingerprint density at radius 1 is 1.62 bits per heavy atom. The molecule has 1 amide bonds. The highest BCUT2D eigenvalue weighted by atomic mass is 16.5. The second kappa shape index (κ2) is 5.84. The molecule has 1 rings (SSSR count). The van der Waals surface area contributed by atoms with E-state index in [1.54, 1.807) is 13.8 Å². The molecule has 2 unspecified atom stereocenters. The zero-order valence-corrected chi connectivity index (χ0v) is 9.94. The van der Waals surface area contributed by atoms with Crippen LogP contribution in [0.2, 0.25) is 0 Å². The number of rotatable bonds is 3. The van der Waals surface area contributed by atoms with Crippen molar-refractivity contribution in [2.75, 3.05) is 13.2 Å². The topological polar surface area (TPSA) is 72.6 Å². The van der Waals surface area contributed by atoms with Gasteiger partial charge in [0.1, 0.15) is 6.04 Å². The lowest BCUT2D eigenvalue weighted by atomic mass is 10.1. The number of likely N-dealkylation sites (tertiary alicyclic amines) is 1. The van der Waals surface area contributed by atoms with Crippen LogP contribution in [0, 0.1) is 0 Å². The minimum absolute atomic E-state index is 0.141. The van der Waals surface area contributed by atoms with E-state index in [-0.39, 0.29) is 11.9 Å². The van der Waals surface area contributed by atoms with Crippen molar-refractivity contribution in [1.29, 1.82) is 0 Å². The lowest BCUT2D eigenvalue weighted by Crippen LogP contribution is -2.49. The SMILES string of the molecule is CCOC(=O)C(C)N1CCCCC(N)C1=O. The molecule has 0 radical (unpaired) electrons. The third kappa shape index (κ3) is 2.95. The van der Waals surface area contributed by atoms with Crippen LogP contribution in [-0.2, 0) is 14.3 Å². The second-order valence-electron chi connectivity index (χ2n) is 4.06. The predicted molar refractivity (Wildman–Crippen MR) is 59.6 cm³/mol. The highest BCUT2D eigenvalue weighted by Crippen LogP contribution is 2.14. The maximum atomic E-state index is 11.9. The van der Waals surface area contributed by atoms with Crippen molar-refractivity contribution in [3.8, 4) is 0 Å². The van der Waals surface area contributed by atoms with Gasteiger partial charge in [0.2, 0.25) is 5.91 Å². The zero-order valence-electron chi connectivity index (χ0n) is 9.94. The van der Waals surface area contributed by atoms with Gasteiger partial charge in [-0.05, 0) is 33.1 Å². The van der Waals surface area contributed by atoms with Gasteiger partial charge in [0.05, 0.1) is 12.6 Å². The number of nitrogens with two attached hydrogens (primary N) is 1. The van der Waals surface area contributed by atoms with Crippen molar-refractivity contribution in [3.63, 3.8) is 0 Å². The van der Waals surface area contributed by atoms with E-state index in [1.807, 2.05) is 0 Å². The molecule has 1 fully saturated rings. The number of carbonyl (C=O) groups is 2. The molecule has 0 saturated carbocycles. The molecule has 92 valence electrons. The van der Waals surface area contributed by atoms with Gasteiger partial charge in [0, 0.05) is 6.54 Å². The van der Waals surface area contributed by atoms with Gasteiger partial charge in [0.15, 0.2) is 0 Å². The van der Waals surface area contributed by atoms with Crippen molar-refractivity contribution >= 4 is 11.9 Å². The van der Waals surface area contributed by atoms with E-state index in [9.17, 15) is 9.59 Å². The molecule has 5 nitrogen and oxygen atoms in total. The molecule has 2 atom stereocenters. The lowest BCUT2D eigenvalue weighted by Gasteiger charge is -2.27. The van der Waals surface area contributed by atoms with E-state index in [4.69, 9.17) is 10.5 Å². The summed E-state index contributed by atoms with van der Waals surface area (Å²) in [6, 6.07) is -1.00. The van der Waals surface area contributed by atoms with Crippen molar-refractivity contribution in [2.45, 2.75) is 45.2 Å². The zero-order chi connectivity index (χ0) is 12.1. The van der Waals surface area contributed by atoms with Gasteiger partial charge in [-0.15, -0.1) is 0 Å². The van der Waals surface area contributed by atoms with Gasteiger partial charge >= 0.3 is 5.97 Å². The monoisotopic (exact) mass is 228 g/mol. The van der Waals surface area contributed by atoms with Crippen LogP contribution in [0.4, 0.5) is 0 Å². The summed E-state index contributed by atoms with van der Waals surface area (Å²) in [5.41, 5.74) is 5.74. The Bertz CT molecular complexity index is 268. The van der Waals surface area contributed by atoms with Gasteiger partial charge in [-0.3, -0.25) is 4.79 Å². The predicted octanol–water partition coefficient (Wildman–Crippen LogP) is 0.278. The van der Waals surface area contributed by atoms with Crippen molar-refractivity contribution < 1.29 is 14.3 Å². The van der Waals surface area contributed by atoms with Gasteiger partial charge in [-0.25, -0.2) is 4.79 Å². The van der Waals surface area contributed by atoms with Crippen molar-refractivity contribution in [3.05, 3.63) is 0 Å². The Morgan fingerprint density at radius 3 is 2.94 bits per heavy atom. The molecule has 5 heteroatoms. The van der Waals surface area contributed by atoms with Crippen LogP contribution < -0.4 is 5.73 Å². The molecule has 0 aromatic carbocycles. The van der Waals surface area contributed by atoms with E-state index in [0.717, 1.165) is 12.8 Å². The average Bonchev–Trinajstić information content (AvgIpc) is 2.42. The lowest BCUT2D eigenvalue weighted by molar-refractivity contribution is -0.154. The number of nitrogens with zero attached hydrogens (tertiary/aromatic N) is 1. The van der Waals surface area contributed by atoms with Crippen LogP contribution in [0.1, 0.15) is 33.1 Å². The number of hydrogen-bond acceptors (Lipinski definition) is 4. The first-order chi connectivity index (χ1) is 7.57. The molecule has 0 spiro atoms. The van der Waals surface area contributed by atoms with Crippen LogP contribution in [0.5, 0.6) is 0 Å². The van der Waals surface area contributed by atoms with Gasteiger partial charge < -0.3 is 15.4 Å². The van der Waals surface area contributed by atoms with Gasteiger partial charge in [0.25, 0.3) is 0 Å². The smallest absolute Gasteiger partial charge is 0.328 e. The van der Waals surface area contributed by atoms with Crippen LogP contribution in [-0.4, -0.2) is 42.0 Å². The largest absolute Gasteiger partial charge is 0.464 e. The van der Waals surface area contributed by atoms with Crippen molar-refractivity contribution in [1.82, 2.24) is 4.90 Å². The van der Waals surface area contributed by atoms with E-state index in [2.05, 4.69) is 0 Å². The average molecular weight is 228 g/mol. The Hall–Kier alpha value is -1.10. The van der Waals surface area contributed by atoms with Crippen LogP contribution in [0.3, 0.4) is 0 Å². The fourth-order valence-electron chi connectivity index (χ4n) is 1.87. The molecule has 0 bridgehead atoms. The number of ether oxygens (including phenoxy) is 1. The Kier molecular flexibility index (Phi) is 4.73. The summed E-state index contributed by atoms with van der Waals surface area (Å²) in [4.78, 5) is 25.0. The van der Waals surface area contributed by atoms with Gasteiger partial charge in [-0.2, -0.15) is 0 Å². The standard InChI is InChI=1S/C11H20N2O3/c1-3-16-11(15)8(2)13-7-5-4-6-9(12)10(13)14/h8-9H,3-7,12H2,1-2H3. The maximum absolute atomic E-state index is 11.9. The molecule has 0 aromatic rings. The first-order valence-corrected chi connectivity index (χ1v) is 5.80. The Morgan fingerprint density at radius 2 is 2.31 bits per heavy atom. The van der Waals surface area contributed by atoms with Crippen molar-refractivity contribution in [2.24, 2.45) is 5.73 Å². The van der Waals surface area contributed by atoms with Crippen LogP contribution in [0.15, 0.2) is 0 Å². The molecule has 1 heterocycles. The summed E-state index contributed by atoms with van der Waals surface area (Å²) in [5.74, 6) is -0.497. The number of amides is 1. The molecule has 1 aliphatic rings. The fourth-order valence-corrected chi connectivity index (χ4v) is 1.87. The first kappa shape index (κ1) is 13.0. The number of carbonyl (C=O) groups excluding carboxylic acids is 2. The Balaban J connectivity index is 2.68. The quantitative estimate of drug-likeness (QED) is 0.704.